The zero-order valence-electron chi connectivity index (χ0n) is 15.7. The van der Waals surface area contributed by atoms with E-state index in [4.69, 9.17) is 5.73 Å². The van der Waals surface area contributed by atoms with Gasteiger partial charge in [-0.1, -0.05) is 42.5 Å². The zero-order valence-corrected chi connectivity index (χ0v) is 16.5. The third-order valence-electron chi connectivity index (χ3n) is 4.17. The Labute approximate surface area is 159 Å². The second-order valence-corrected chi connectivity index (χ2v) is 9.05. The molecule has 0 aliphatic rings. The van der Waals surface area contributed by atoms with Crippen molar-refractivity contribution in [1.82, 2.24) is 9.71 Å². The number of nitrogens with zero attached hydrogens (tertiary/aromatic N) is 1. The molecule has 0 radical (unpaired) electrons. The molecule has 0 aliphatic carbocycles. The highest BCUT2D eigenvalue weighted by Gasteiger charge is 2.22. The van der Waals surface area contributed by atoms with E-state index in [1.165, 1.54) is 0 Å². The van der Waals surface area contributed by atoms with Crippen molar-refractivity contribution in [3.05, 3.63) is 54.7 Å². The fourth-order valence-corrected chi connectivity index (χ4v) is 4.14. The van der Waals surface area contributed by atoms with Crippen LogP contribution in [0.15, 0.2) is 54.7 Å². The quantitative estimate of drug-likeness (QED) is 0.606. The molecule has 27 heavy (non-hydrogen) atoms. The van der Waals surface area contributed by atoms with Gasteiger partial charge in [0.05, 0.1) is 29.3 Å². The number of benzene rings is 2. The van der Waals surface area contributed by atoms with Crippen molar-refractivity contribution >= 4 is 32.3 Å². The number of rotatable bonds is 6. The average molecular weight is 385 g/mol. The van der Waals surface area contributed by atoms with Crippen molar-refractivity contribution in [3.8, 4) is 11.1 Å². The number of pyridine rings is 1. The highest BCUT2D eigenvalue weighted by molar-refractivity contribution is 7.88. The molecular formula is C20H24N4O2S. The van der Waals surface area contributed by atoms with Crippen molar-refractivity contribution in [1.29, 1.82) is 0 Å². The SMILES string of the molecule is CC(C)(CNc1c(N)cnc2cc(-c3ccccc3)ccc12)NS(C)(=O)=O. The van der Waals surface area contributed by atoms with Crippen molar-refractivity contribution in [2.45, 2.75) is 19.4 Å². The maximum absolute atomic E-state index is 11.5. The van der Waals surface area contributed by atoms with Gasteiger partial charge < -0.3 is 11.1 Å². The van der Waals surface area contributed by atoms with Gasteiger partial charge in [-0.2, -0.15) is 0 Å². The van der Waals surface area contributed by atoms with E-state index in [0.717, 1.165) is 34.0 Å². The lowest BCUT2D eigenvalue weighted by molar-refractivity contribution is 0.476. The van der Waals surface area contributed by atoms with E-state index in [0.29, 0.717) is 12.2 Å². The number of aromatic nitrogens is 1. The van der Waals surface area contributed by atoms with Crippen molar-refractivity contribution < 1.29 is 8.42 Å². The number of hydrogen-bond donors (Lipinski definition) is 3. The van der Waals surface area contributed by atoms with Gasteiger partial charge in [-0.3, -0.25) is 4.98 Å². The highest BCUT2D eigenvalue weighted by atomic mass is 32.2. The molecular weight excluding hydrogens is 360 g/mol. The van der Waals surface area contributed by atoms with E-state index in [9.17, 15) is 8.42 Å². The summed E-state index contributed by atoms with van der Waals surface area (Å²) in [6, 6.07) is 16.1. The number of anilines is 2. The molecule has 3 rings (SSSR count). The second kappa shape index (κ2) is 7.17. The van der Waals surface area contributed by atoms with Gasteiger partial charge in [0.2, 0.25) is 10.0 Å². The molecule has 6 nitrogen and oxygen atoms in total. The Morgan fingerprint density at radius 3 is 2.44 bits per heavy atom. The molecule has 0 unspecified atom stereocenters. The van der Waals surface area contributed by atoms with Gasteiger partial charge >= 0.3 is 0 Å². The molecule has 3 aromatic rings. The summed E-state index contributed by atoms with van der Waals surface area (Å²) in [5.74, 6) is 0. The molecule has 142 valence electrons. The topological polar surface area (TPSA) is 97.1 Å². The Hall–Kier alpha value is -2.64. The lowest BCUT2D eigenvalue weighted by atomic mass is 10.0. The Morgan fingerprint density at radius 2 is 1.78 bits per heavy atom. The van der Waals surface area contributed by atoms with Crippen LogP contribution in [-0.4, -0.2) is 31.7 Å². The van der Waals surface area contributed by atoms with Crippen molar-refractivity contribution in [2.75, 3.05) is 23.9 Å². The monoisotopic (exact) mass is 384 g/mol. The lowest BCUT2D eigenvalue weighted by Gasteiger charge is -2.26. The van der Waals surface area contributed by atoms with Crippen molar-refractivity contribution in [2.24, 2.45) is 0 Å². The minimum atomic E-state index is -3.31. The number of nitrogen functional groups attached to an aromatic ring is 1. The molecule has 1 heterocycles. The second-order valence-electron chi connectivity index (χ2n) is 7.30. The highest BCUT2D eigenvalue weighted by Crippen LogP contribution is 2.31. The number of hydrogen-bond acceptors (Lipinski definition) is 5. The van der Waals surface area contributed by atoms with Crippen LogP contribution >= 0.6 is 0 Å². The summed E-state index contributed by atoms with van der Waals surface area (Å²) in [4.78, 5) is 4.45. The van der Waals surface area contributed by atoms with E-state index in [1.807, 2.05) is 50.2 Å². The van der Waals surface area contributed by atoms with Gasteiger partial charge in [-0.25, -0.2) is 13.1 Å². The summed E-state index contributed by atoms with van der Waals surface area (Å²) in [6.45, 7) is 4.01. The van der Waals surface area contributed by atoms with E-state index < -0.39 is 15.6 Å². The number of sulfonamides is 1. The Bertz CT molecular complexity index is 1060. The first-order chi connectivity index (χ1) is 12.6. The molecule has 1 aromatic heterocycles. The number of nitrogens with one attached hydrogen (secondary N) is 2. The largest absolute Gasteiger partial charge is 0.396 e. The molecule has 0 bridgehead atoms. The Balaban J connectivity index is 1.92. The van der Waals surface area contributed by atoms with E-state index >= 15 is 0 Å². The summed E-state index contributed by atoms with van der Waals surface area (Å²) in [5.41, 5.74) is 9.75. The average Bonchev–Trinajstić information content (AvgIpc) is 2.59. The molecule has 0 fully saturated rings. The maximum Gasteiger partial charge on any atom is 0.209 e. The normalized spacial score (nSPS) is 12.3. The van der Waals surface area contributed by atoms with Crippen LogP contribution in [0.5, 0.6) is 0 Å². The van der Waals surface area contributed by atoms with E-state index in [2.05, 4.69) is 27.2 Å². The maximum atomic E-state index is 11.5. The Morgan fingerprint density at radius 1 is 1.07 bits per heavy atom. The van der Waals surface area contributed by atoms with Gasteiger partial charge in [-0.05, 0) is 31.0 Å². The van der Waals surface area contributed by atoms with Gasteiger partial charge in [0, 0.05) is 17.5 Å². The van der Waals surface area contributed by atoms with Crippen LogP contribution in [0.1, 0.15) is 13.8 Å². The number of nitrogens with two attached hydrogens (primary N) is 1. The van der Waals surface area contributed by atoms with Gasteiger partial charge in [0.25, 0.3) is 0 Å². The number of fused-ring (bicyclic) bond motifs is 1. The van der Waals surface area contributed by atoms with Crippen LogP contribution in [-0.2, 0) is 10.0 Å². The van der Waals surface area contributed by atoms with E-state index in [1.54, 1.807) is 6.20 Å². The van der Waals surface area contributed by atoms with E-state index in [-0.39, 0.29) is 0 Å². The first-order valence-electron chi connectivity index (χ1n) is 8.61. The van der Waals surface area contributed by atoms with Crippen molar-refractivity contribution in [3.63, 3.8) is 0 Å². The van der Waals surface area contributed by atoms with Crippen LogP contribution in [0.4, 0.5) is 11.4 Å². The van der Waals surface area contributed by atoms with Crippen LogP contribution in [0.2, 0.25) is 0 Å². The molecule has 0 spiro atoms. The van der Waals surface area contributed by atoms with Gasteiger partial charge in [0.1, 0.15) is 0 Å². The molecule has 2 aromatic carbocycles. The van der Waals surface area contributed by atoms with Gasteiger partial charge in [-0.15, -0.1) is 0 Å². The molecule has 4 N–H and O–H groups in total. The van der Waals surface area contributed by atoms with Crippen LogP contribution in [0, 0.1) is 0 Å². The summed E-state index contributed by atoms with van der Waals surface area (Å²) in [5, 5.41) is 4.18. The zero-order chi connectivity index (χ0) is 19.7. The molecule has 0 saturated carbocycles. The lowest BCUT2D eigenvalue weighted by Crippen LogP contribution is -2.47. The molecule has 0 atom stereocenters. The standard InChI is InChI=1S/C20H24N4O2S/c1-20(2,24-27(3,25)26)13-23-19-16-10-9-15(14-7-5-4-6-8-14)11-18(16)22-12-17(19)21/h4-12,24H,13,21H2,1-3H3,(H,22,23). The fraction of sp³-hybridized carbons (Fsp3) is 0.250. The Kier molecular flexibility index (Phi) is 5.08. The summed E-state index contributed by atoms with van der Waals surface area (Å²) in [7, 11) is -3.31. The fourth-order valence-electron chi connectivity index (χ4n) is 3.06. The molecule has 0 saturated heterocycles. The van der Waals surface area contributed by atoms with Crippen LogP contribution in [0.3, 0.4) is 0 Å². The summed E-state index contributed by atoms with van der Waals surface area (Å²) >= 11 is 0. The molecule has 0 amide bonds. The molecule has 0 aliphatic heterocycles. The van der Waals surface area contributed by atoms with Gasteiger partial charge in [0.15, 0.2) is 0 Å². The minimum absolute atomic E-state index is 0.379. The predicted molar refractivity (Wildman–Crippen MR) is 112 cm³/mol. The third-order valence-corrected chi connectivity index (χ3v) is 5.10. The minimum Gasteiger partial charge on any atom is -0.396 e. The first kappa shape index (κ1) is 19.1. The third kappa shape index (κ3) is 4.75. The summed E-state index contributed by atoms with van der Waals surface area (Å²) in [6.07, 6.45) is 2.77. The summed E-state index contributed by atoms with van der Waals surface area (Å²) < 4.78 is 25.7. The first-order valence-corrected chi connectivity index (χ1v) is 10.5. The molecule has 7 heteroatoms. The van der Waals surface area contributed by atoms with Crippen LogP contribution < -0.4 is 15.8 Å². The van der Waals surface area contributed by atoms with Crippen LogP contribution in [0.25, 0.3) is 22.0 Å². The smallest absolute Gasteiger partial charge is 0.209 e. The predicted octanol–water partition coefficient (Wildman–Crippen LogP) is 3.22.